The highest BCUT2D eigenvalue weighted by molar-refractivity contribution is 7.16. The molecule has 0 aliphatic heterocycles. The molecule has 1 aliphatic carbocycles. The second-order valence-electron chi connectivity index (χ2n) is 9.42. The van der Waals surface area contributed by atoms with Crippen molar-refractivity contribution in [1.29, 1.82) is 5.26 Å². The van der Waals surface area contributed by atoms with Crippen LogP contribution in [0.1, 0.15) is 54.3 Å². The van der Waals surface area contributed by atoms with Crippen molar-refractivity contribution in [3.8, 4) is 11.8 Å². The Balaban J connectivity index is 1.56. The largest absolute Gasteiger partial charge is 0.488 e. The van der Waals surface area contributed by atoms with E-state index in [0.717, 1.165) is 41.0 Å². The molecule has 170 valence electrons. The SMILES string of the molecule is CC(C)(C)[C@@H]1CCc2c(sc(N=Cc3ccccc3OCc3ccc(Cl)cc3Cl)c2C#N)C1. The Morgan fingerprint density at radius 3 is 2.73 bits per heavy atom. The molecule has 3 aromatic rings. The summed E-state index contributed by atoms with van der Waals surface area (Å²) in [7, 11) is 0. The number of rotatable bonds is 5. The first-order valence-electron chi connectivity index (χ1n) is 11.0. The molecule has 3 nitrogen and oxygen atoms in total. The van der Waals surface area contributed by atoms with Crippen LogP contribution in [0.25, 0.3) is 0 Å². The number of hydrogen-bond acceptors (Lipinski definition) is 4. The molecule has 4 rings (SSSR count). The smallest absolute Gasteiger partial charge is 0.134 e. The monoisotopic (exact) mass is 496 g/mol. The van der Waals surface area contributed by atoms with Gasteiger partial charge in [0.05, 0.1) is 5.56 Å². The lowest BCUT2D eigenvalue weighted by Crippen LogP contribution is -2.26. The predicted octanol–water partition coefficient (Wildman–Crippen LogP) is 8.41. The third-order valence-electron chi connectivity index (χ3n) is 6.22. The lowest BCUT2D eigenvalue weighted by atomic mass is 9.72. The average molecular weight is 497 g/mol. The van der Waals surface area contributed by atoms with Crippen molar-refractivity contribution in [2.45, 2.75) is 46.6 Å². The van der Waals surface area contributed by atoms with Gasteiger partial charge in [0.2, 0.25) is 0 Å². The molecule has 0 amide bonds. The molecular formula is C27H26Cl2N2OS. The maximum Gasteiger partial charge on any atom is 0.134 e. The molecule has 1 aromatic heterocycles. The van der Waals surface area contributed by atoms with E-state index in [1.54, 1.807) is 29.7 Å². The number of hydrogen-bond donors (Lipinski definition) is 0. The lowest BCUT2D eigenvalue weighted by Gasteiger charge is -2.33. The third-order valence-corrected chi connectivity index (χ3v) is 7.97. The van der Waals surface area contributed by atoms with Crippen LogP contribution in [-0.2, 0) is 19.4 Å². The Bertz CT molecular complexity index is 1230. The van der Waals surface area contributed by atoms with E-state index in [1.165, 1.54) is 10.4 Å². The molecule has 6 heteroatoms. The zero-order valence-corrected chi connectivity index (χ0v) is 21.3. The highest BCUT2D eigenvalue weighted by Gasteiger charge is 2.32. The van der Waals surface area contributed by atoms with Crippen LogP contribution in [0.4, 0.5) is 5.00 Å². The Morgan fingerprint density at radius 2 is 2.00 bits per heavy atom. The number of aliphatic imine (C=N–C) groups is 1. The highest BCUT2D eigenvalue weighted by Crippen LogP contribution is 2.45. The van der Waals surface area contributed by atoms with Crippen molar-refractivity contribution in [2.75, 3.05) is 0 Å². The van der Waals surface area contributed by atoms with Crippen molar-refractivity contribution in [2.24, 2.45) is 16.3 Å². The van der Waals surface area contributed by atoms with Gasteiger partial charge in [-0.2, -0.15) is 5.26 Å². The van der Waals surface area contributed by atoms with Crippen LogP contribution in [0.5, 0.6) is 5.75 Å². The number of para-hydroxylation sites is 1. The fourth-order valence-electron chi connectivity index (χ4n) is 4.16. The Morgan fingerprint density at radius 1 is 1.21 bits per heavy atom. The van der Waals surface area contributed by atoms with Gasteiger partial charge in [0.25, 0.3) is 0 Å². The van der Waals surface area contributed by atoms with Crippen molar-refractivity contribution >= 4 is 45.8 Å². The van der Waals surface area contributed by atoms with Crippen LogP contribution in [0.3, 0.4) is 0 Å². The van der Waals surface area contributed by atoms with Crippen molar-refractivity contribution in [3.63, 3.8) is 0 Å². The van der Waals surface area contributed by atoms with Gasteiger partial charge >= 0.3 is 0 Å². The van der Waals surface area contributed by atoms with Gasteiger partial charge in [0.15, 0.2) is 0 Å². The summed E-state index contributed by atoms with van der Waals surface area (Å²) in [4.78, 5) is 6.04. The van der Waals surface area contributed by atoms with Gasteiger partial charge in [0, 0.05) is 32.3 Å². The van der Waals surface area contributed by atoms with Crippen LogP contribution in [0.2, 0.25) is 10.0 Å². The second-order valence-corrected chi connectivity index (χ2v) is 11.3. The molecule has 0 unspecified atom stereocenters. The van der Waals surface area contributed by atoms with E-state index in [2.05, 4.69) is 26.8 Å². The van der Waals surface area contributed by atoms with E-state index in [9.17, 15) is 5.26 Å². The molecule has 0 N–H and O–H groups in total. The molecule has 0 bridgehead atoms. The molecule has 1 atom stereocenters. The van der Waals surface area contributed by atoms with Gasteiger partial charge in [-0.05, 0) is 60.4 Å². The fourth-order valence-corrected chi connectivity index (χ4v) is 5.84. The Hall–Kier alpha value is -2.32. The number of ether oxygens (including phenoxy) is 1. The van der Waals surface area contributed by atoms with Crippen molar-refractivity contribution in [3.05, 3.63) is 79.6 Å². The van der Waals surface area contributed by atoms with E-state index >= 15 is 0 Å². The summed E-state index contributed by atoms with van der Waals surface area (Å²) in [5.41, 5.74) is 3.90. The summed E-state index contributed by atoms with van der Waals surface area (Å²) in [5, 5.41) is 11.8. The van der Waals surface area contributed by atoms with E-state index in [-0.39, 0.29) is 5.41 Å². The molecule has 0 saturated heterocycles. The first-order valence-corrected chi connectivity index (χ1v) is 12.6. The summed E-state index contributed by atoms with van der Waals surface area (Å²) in [6, 6.07) is 15.5. The van der Waals surface area contributed by atoms with Crippen LogP contribution in [0.15, 0.2) is 47.5 Å². The molecule has 0 spiro atoms. The minimum absolute atomic E-state index is 0.265. The molecule has 2 aromatic carbocycles. The van der Waals surface area contributed by atoms with Gasteiger partial charge in [-0.15, -0.1) is 11.3 Å². The van der Waals surface area contributed by atoms with E-state index in [1.807, 2.05) is 30.3 Å². The maximum atomic E-state index is 9.83. The fraction of sp³-hybridized carbons (Fsp3) is 0.333. The van der Waals surface area contributed by atoms with Crippen molar-refractivity contribution in [1.82, 2.24) is 0 Å². The number of halogens is 2. The first-order chi connectivity index (χ1) is 15.8. The summed E-state index contributed by atoms with van der Waals surface area (Å²) < 4.78 is 6.04. The standard InChI is InChI=1S/C27H26Cl2N2OS/c1-27(2,3)19-9-11-21-22(14-30)26(33-25(21)12-19)31-15-17-6-4-5-7-24(17)32-16-18-8-10-20(28)13-23(18)29/h4-8,10,13,15,19H,9,11-12,16H2,1-3H3/t19-/m1/s1. The Labute approximate surface area is 209 Å². The Kier molecular flexibility index (Phi) is 7.14. The maximum absolute atomic E-state index is 9.83. The summed E-state index contributed by atoms with van der Waals surface area (Å²) in [5.74, 6) is 1.33. The zero-order chi connectivity index (χ0) is 23.6. The number of fused-ring (bicyclic) bond motifs is 1. The predicted molar refractivity (Wildman–Crippen MR) is 138 cm³/mol. The second kappa shape index (κ2) is 9.89. The number of benzene rings is 2. The van der Waals surface area contributed by atoms with Gasteiger partial charge < -0.3 is 4.74 Å². The third kappa shape index (κ3) is 5.44. The van der Waals surface area contributed by atoms with Crippen LogP contribution in [-0.4, -0.2) is 6.21 Å². The number of thiophene rings is 1. The number of nitrogens with zero attached hydrogens (tertiary/aromatic N) is 2. The van der Waals surface area contributed by atoms with Gasteiger partial charge in [-0.1, -0.05) is 62.2 Å². The molecule has 33 heavy (non-hydrogen) atoms. The molecule has 0 radical (unpaired) electrons. The summed E-state index contributed by atoms with van der Waals surface area (Å²) in [6.07, 6.45) is 4.89. The number of nitriles is 1. The van der Waals surface area contributed by atoms with Gasteiger partial charge in [-0.3, -0.25) is 0 Å². The zero-order valence-electron chi connectivity index (χ0n) is 19.0. The van der Waals surface area contributed by atoms with Gasteiger partial charge in [-0.25, -0.2) is 4.99 Å². The van der Waals surface area contributed by atoms with E-state index in [0.29, 0.717) is 28.3 Å². The molecule has 0 fully saturated rings. The van der Waals surface area contributed by atoms with E-state index < -0.39 is 0 Å². The normalized spacial score (nSPS) is 15.9. The van der Waals surface area contributed by atoms with Crippen LogP contribution in [0, 0.1) is 22.7 Å². The lowest BCUT2D eigenvalue weighted by molar-refractivity contribution is 0.218. The summed E-state index contributed by atoms with van der Waals surface area (Å²) in [6.45, 7) is 7.23. The average Bonchev–Trinajstić information content (AvgIpc) is 3.13. The highest BCUT2D eigenvalue weighted by atomic mass is 35.5. The quantitative estimate of drug-likeness (QED) is 0.332. The van der Waals surface area contributed by atoms with Crippen LogP contribution < -0.4 is 4.74 Å². The topological polar surface area (TPSA) is 45.4 Å². The molecule has 0 saturated carbocycles. The van der Waals surface area contributed by atoms with Crippen LogP contribution >= 0.6 is 34.5 Å². The first kappa shape index (κ1) is 23.8. The van der Waals surface area contributed by atoms with E-state index in [4.69, 9.17) is 32.9 Å². The van der Waals surface area contributed by atoms with Crippen molar-refractivity contribution < 1.29 is 4.74 Å². The molecular weight excluding hydrogens is 471 g/mol. The minimum atomic E-state index is 0.265. The minimum Gasteiger partial charge on any atom is -0.488 e. The summed E-state index contributed by atoms with van der Waals surface area (Å²) >= 11 is 13.9. The van der Waals surface area contributed by atoms with Gasteiger partial charge in [0.1, 0.15) is 23.4 Å². The molecule has 1 heterocycles. The molecule has 1 aliphatic rings.